The van der Waals surface area contributed by atoms with Gasteiger partial charge in [0.2, 0.25) is 0 Å². The number of rotatable bonds is 3. The number of aliphatic hydroxyl groups excluding tert-OH is 1. The Bertz CT molecular complexity index is 519. The van der Waals surface area contributed by atoms with Crippen molar-refractivity contribution in [3.63, 3.8) is 0 Å². The van der Waals surface area contributed by atoms with Crippen LogP contribution in [0.4, 0.5) is 0 Å². The first-order chi connectivity index (χ1) is 8.11. The van der Waals surface area contributed by atoms with Crippen molar-refractivity contribution in [2.24, 2.45) is 0 Å². The minimum absolute atomic E-state index is 0.548. The molecule has 2 aromatic rings. The smallest absolute Gasteiger partial charge is 0.115 e. The first-order valence-corrected chi connectivity index (χ1v) is 6.64. The third-order valence-electron chi connectivity index (χ3n) is 2.86. The molecule has 3 heteroatoms. The molecular formula is C14H17NOS. The first kappa shape index (κ1) is 12.3. The molecule has 0 saturated heterocycles. The van der Waals surface area contributed by atoms with Gasteiger partial charge in [0.25, 0.3) is 0 Å². The standard InChI is InChI=1S/C14H17NOS/c1-4-11-6-5-7-12(8-11)13(16)14-9(2)15-10(3)17-14/h5-8,13,16H,4H2,1-3H3. The van der Waals surface area contributed by atoms with Gasteiger partial charge in [-0.15, -0.1) is 11.3 Å². The molecule has 90 valence electrons. The number of thiazole rings is 1. The lowest BCUT2D eigenvalue weighted by molar-refractivity contribution is 0.223. The fourth-order valence-corrected chi connectivity index (χ4v) is 2.88. The fraction of sp³-hybridized carbons (Fsp3) is 0.357. The maximum absolute atomic E-state index is 10.4. The van der Waals surface area contributed by atoms with Gasteiger partial charge in [0.05, 0.1) is 15.6 Å². The van der Waals surface area contributed by atoms with E-state index in [4.69, 9.17) is 0 Å². The van der Waals surface area contributed by atoms with Gasteiger partial charge < -0.3 is 5.11 Å². The highest BCUT2D eigenvalue weighted by Gasteiger charge is 2.16. The summed E-state index contributed by atoms with van der Waals surface area (Å²) in [7, 11) is 0. The third kappa shape index (κ3) is 2.56. The maximum Gasteiger partial charge on any atom is 0.115 e. The zero-order valence-electron chi connectivity index (χ0n) is 10.4. The average molecular weight is 247 g/mol. The molecule has 0 fully saturated rings. The molecule has 2 nitrogen and oxygen atoms in total. The zero-order valence-corrected chi connectivity index (χ0v) is 11.2. The fourth-order valence-electron chi connectivity index (χ4n) is 1.94. The van der Waals surface area contributed by atoms with Crippen molar-refractivity contribution in [2.75, 3.05) is 0 Å². The van der Waals surface area contributed by atoms with Crippen molar-refractivity contribution < 1.29 is 5.11 Å². The molecule has 0 amide bonds. The van der Waals surface area contributed by atoms with Gasteiger partial charge in [0.1, 0.15) is 6.10 Å². The van der Waals surface area contributed by atoms with Crippen LogP contribution in [-0.2, 0) is 6.42 Å². The molecular weight excluding hydrogens is 230 g/mol. The summed E-state index contributed by atoms with van der Waals surface area (Å²) in [6.07, 6.45) is 0.439. The van der Waals surface area contributed by atoms with E-state index in [1.54, 1.807) is 11.3 Å². The van der Waals surface area contributed by atoms with Crippen LogP contribution in [-0.4, -0.2) is 10.1 Å². The van der Waals surface area contributed by atoms with E-state index in [0.717, 1.165) is 27.6 Å². The molecule has 1 unspecified atom stereocenters. The van der Waals surface area contributed by atoms with E-state index in [2.05, 4.69) is 24.0 Å². The van der Waals surface area contributed by atoms with Gasteiger partial charge in [-0.25, -0.2) is 4.98 Å². The van der Waals surface area contributed by atoms with Crippen LogP contribution in [0.1, 0.15) is 39.7 Å². The Labute approximate surface area is 106 Å². The molecule has 1 heterocycles. The Morgan fingerprint density at radius 1 is 1.35 bits per heavy atom. The Morgan fingerprint density at radius 2 is 2.12 bits per heavy atom. The third-order valence-corrected chi connectivity index (χ3v) is 3.99. The lowest BCUT2D eigenvalue weighted by Gasteiger charge is -2.10. The number of aliphatic hydroxyl groups is 1. The van der Waals surface area contributed by atoms with Crippen LogP contribution in [0.5, 0.6) is 0 Å². The quantitative estimate of drug-likeness (QED) is 0.901. The Kier molecular flexibility index (Phi) is 3.60. The molecule has 0 aliphatic carbocycles. The highest BCUT2D eigenvalue weighted by Crippen LogP contribution is 2.30. The first-order valence-electron chi connectivity index (χ1n) is 5.82. The van der Waals surface area contributed by atoms with Crippen LogP contribution in [0.15, 0.2) is 24.3 Å². The average Bonchev–Trinajstić information content (AvgIpc) is 2.67. The van der Waals surface area contributed by atoms with E-state index in [-0.39, 0.29) is 0 Å². The minimum Gasteiger partial charge on any atom is -0.383 e. The van der Waals surface area contributed by atoms with Crippen LogP contribution in [0.3, 0.4) is 0 Å². The van der Waals surface area contributed by atoms with Crippen LogP contribution < -0.4 is 0 Å². The molecule has 0 aliphatic rings. The highest BCUT2D eigenvalue weighted by molar-refractivity contribution is 7.11. The van der Waals surface area contributed by atoms with Gasteiger partial charge >= 0.3 is 0 Å². The molecule has 1 N–H and O–H groups in total. The monoisotopic (exact) mass is 247 g/mol. The van der Waals surface area contributed by atoms with E-state index in [9.17, 15) is 5.11 Å². The van der Waals surface area contributed by atoms with E-state index in [1.807, 2.05) is 26.0 Å². The summed E-state index contributed by atoms with van der Waals surface area (Å²) in [6.45, 7) is 6.04. The molecule has 2 rings (SSSR count). The van der Waals surface area contributed by atoms with Crippen LogP contribution in [0.2, 0.25) is 0 Å². The molecule has 0 saturated carbocycles. The number of aryl methyl sites for hydroxylation is 3. The second kappa shape index (κ2) is 4.98. The van der Waals surface area contributed by atoms with Gasteiger partial charge in [0, 0.05) is 0 Å². The molecule has 0 radical (unpaired) electrons. The van der Waals surface area contributed by atoms with E-state index < -0.39 is 6.10 Å². The number of hydrogen-bond acceptors (Lipinski definition) is 3. The van der Waals surface area contributed by atoms with Crippen LogP contribution in [0.25, 0.3) is 0 Å². The van der Waals surface area contributed by atoms with E-state index in [0.29, 0.717) is 0 Å². The second-order valence-electron chi connectivity index (χ2n) is 4.18. The number of nitrogens with zero attached hydrogens (tertiary/aromatic N) is 1. The van der Waals surface area contributed by atoms with E-state index >= 15 is 0 Å². The van der Waals surface area contributed by atoms with Gasteiger partial charge in [-0.1, -0.05) is 31.2 Å². The molecule has 1 aromatic carbocycles. The minimum atomic E-state index is -0.548. The summed E-state index contributed by atoms with van der Waals surface area (Å²) < 4.78 is 0. The SMILES string of the molecule is CCc1cccc(C(O)c2sc(C)nc2C)c1. The highest BCUT2D eigenvalue weighted by atomic mass is 32.1. The number of aromatic nitrogens is 1. The lowest BCUT2D eigenvalue weighted by Crippen LogP contribution is -1.99. The zero-order chi connectivity index (χ0) is 12.4. The van der Waals surface area contributed by atoms with Crippen LogP contribution in [0, 0.1) is 13.8 Å². The molecule has 0 aliphatic heterocycles. The summed E-state index contributed by atoms with van der Waals surface area (Å²) in [5.74, 6) is 0. The Balaban J connectivity index is 2.36. The van der Waals surface area contributed by atoms with Gasteiger partial charge in [0.15, 0.2) is 0 Å². The van der Waals surface area contributed by atoms with Gasteiger partial charge in [-0.3, -0.25) is 0 Å². The normalized spacial score (nSPS) is 12.7. The Morgan fingerprint density at radius 3 is 2.71 bits per heavy atom. The summed E-state index contributed by atoms with van der Waals surface area (Å²) in [5.41, 5.74) is 3.14. The van der Waals surface area contributed by atoms with Gasteiger partial charge in [-0.05, 0) is 31.4 Å². The molecule has 1 aromatic heterocycles. The predicted octanol–water partition coefficient (Wildman–Crippen LogP) is 3.40. The number of hydrogen-bond donors (Lipinski definition) is 1. The largest absolute Gasteiger partial charge is 0.383 e. The molecule has 17 heavy (non-hydrogen) atoms. The second-order valence-corrected chi connectivity index (χ2v) is 5.42. The maximum atomic E-state index is 10.4. The predicted molar refractivity (Wildman–Crippen MR) is 71.5 cm³/mol. The topological polar surface area (TPSA) is 33.1 Å². The van der Waals surface area contributed by atoms with Crippen LogP contribution >= 0.6 is 11.3 Å². The van der Waals surface area contributed by atoms with Crippen molar-refractivity contribution >= 4 is 11.3 Å². The summed E-state index contributed by atoms with van der Waals surface area (Å²) in [5, 5.41) is 11.4. The number of benzene rings is 1. The molecule has 0 spiro atoms. The lowest BCUT2D eigenvalue weighted by atomic mass is 10.0. The van der Waals surface area contributed by atoms with Gasteiger partial charge in [-0.2, -0.15) is 0 Å². The molecule has 1 atom stereocenters. The summed E-state index contributed by atoms with van der Waals surface area (Å²) in [4.78, 5) is 5.31. The van der Waals surface area contributed by atoms with Crippen molar-refractivity contribution in [3.8, 4) is 0 Å². The van der Waals surface area contributed by atoms with Crippen molar-refractivity contribution in [1.29, 1.82) is 0 Å². The summed E-state index contributed by atoms with van der Waals surface area (Å²) >= 11 is 1.57. The Hall–Kier alpha value is -1.19. The summed E-state index contributed by atoms with van der Waals surface area (Å²) in [6, 6.07) is 8.12. The van der Waals surface area contributed by atoms with Crippen molar-refractivity contribution in [3.05, 3.63) is 51.0 Å². The van der Waals surface area contributed by atoms with Crippen molar-refractivity contribution in [2.45, 2.75) is 33.3 Å². The molecule has 0 bridgehead atoms. The van der Waals surface area contributed by atoms with Crippen molar-refractivity contribution in [1.82, 2.24) is 4.98 Å². The van der Waals surface area contributed by atoms with E-state index in [1.165, 1.54) is 5.56 Å².